The zero-order chi connectivity index (χ0) is 29.0. The number of nitro benzene ring substituents is 2. The first kappa shape index (κ1) is 30.9. The molecule has 8 nitrogen and oxygen atoms in total. The quantitative estimate of drug-likeness (QED) is 0.133. The third kappa shape index (κ3) is 10.2. The van der Waals surface area contributed by atoms with Crippen LogP contribution in [0.1, 0.15) is 60.8 Å². The largest absolute Gasteiger partial charge is 0.301 e. The number of anilines is 1. The van der Waals surface area contributed by atoms with Crippen LogP contribution in [0, 0.1) is 25.6 Å². The third-order valence-corrected chi connectivity index (χ3v) is 6.48. The Labute approximate surface area is 230 Å². The minimum atomic E-state index is -0.692. The molecule has 1 aromatic rings. The second-order valence-corrected chi connectivity index (χ2v) is 10.3. The Balaban J connectivity index is 1.93. The van der Waals surface area contributed by atoms with Gasteiger partial charge in [-0.3, -0.25) is 25.7 Å². The van der Waals surface area contributed by atoms with Crippen molar-refractivity contribution in [3.05, 3.63) is 121 Å². The summed E-state index contributed by atoms with van der Waals surface area (Å²) in [6.07, 6.45) is 23.4. The number of allylic oxidation sites excluding steroid dienone is 14. The van der Waals surface area contributed by atoms with Crippen molar-refractivity contribution in [2.45, 2.75) is 60.8 Å². The Hall–Kier alpha value is -4.33. The zero-order valence-electron chi connectivity index (χ0n) is 23.6. The monoisotopic (exact) mass is 530 g/mol. The summed E-state index contributed by atoms with van der Waals surface area (Å²) in [7, 11) is 0. The van der Waals surface area contributed by atoms with E-state index in [1.807, 2.05) is 38.2 Å². The molecule has 0 aliphatic heterocycles. The van der Waals surface area contributed by atoms with Gasteiger partial charge in [0.1, 0.15) is 5.69 Å². The number of non-ortho nitro benzene ring substituents is 1. The predicted octanol–water partition coefficient (Wildman–Crippen LogP) is 8.93. The van der Waals surface area contributed by atoms with Gasteiger partial charge in [0.25, 0.3) is 5.69 Å². The maximum absolute atomic E-state index is 11.2. The number of hydrogen-bond acceptors (Lipinski definition) is 6. The van der Waals surface area contributed by atoms with Gasteiger partial charge in [0, 0.05) is 12.3 Å². The van der Waals surface area contributed by atoms with Gasteiger partial charge in [-0.2, -0.15) is 5.10 Å². The maximum Gasteiger partial charge on any atom is 0.301 e. The average Bonchev–Trinajstić information content (AvgIpc) is 2.85. The number of nitrogens with zero attached hydrogens (tertiary/aromatic N) is 3. The fourth-order valence-corrected chi connectivity index (χ4v) is 4.24. The molecule has 1 N–H and O–H groups in total. The van der Waals surface area contributed by atoms with Crippen molar-refractivity contribution in [2.75, 3.05) is 5.43 Å². The van der Waals surface area contributed by atoms with E-state index in [2.05, 4.69) is 62.5 Å². The van der Waals surface area contributed by atoms with Crippen LogP contribution in [-0.2, 0) is 0 Å². The molecule has 1 aliphatic carbocycles. The fraction of sp³-hybridized carbons (Fsp3) is 0.323. The molecule has 0 radical (unpaired) electrons. The van der Waals surface area contributed by atoms with Crippen LogP contribution in [0.5, 0.6) is 0 Å². The lowest BCUT2D eigenvalue weighted by Crippen LogP contribution is -2.19. The van der Waals surface area contributed by atoms with Gasteiger partial charge < -0.3 is 0 Å². The second-order valence-electron chi connectivity index (χ2n) is 10.3. The van der Waals surface area contributed by atoms with Gasteiger partial charge in [0.05, 0.1) is 15.9 Å². The molecule has 206 valence electrons. The number of nitrogens with one attached hydrogen (secondary N) is 1. The minimum absolute atomic E-state index is 0.0681. The van der Waals surface area contributed by atoms with Crippen molar-refractivity contribution < 1.29 is 9.85 Å². The Morgan fingerprint density at radius 2 is 1.56 bits per heavy atom. The highest BCUT2D eigenvalue weighted by Gasteiger charge is 2.26. The van der Waals surface area contributed by atoms with Gasteiger partial charge in [-0.05, 0) is 75.7 Å². The average molecular weight is 531 g/mol. The summed E-state index contributed by atoms with van der Waals surface area (Å²) in [4.78, 5) is 20.6. The molecular weight excluding hydrogens is 492 g/mol. The van der Waals surface area contributed by atoms with Gasteiger partial charge in [-0.15, -0.1) is 0 Å². The first-order valence-corrected chi connectivity index (χ1v) is 12.9. The third-order valence-electron chi connectivity index (χ3n) is 6.48. The summed E-state index contributed by atoms with van der Waals surface area (Å²) in [5.41, 5.74) is 8.26. The lowest BCUT2D eigenvalue weighted by molar-refractivity contribution is -0.393. The Kier molecular flexibility index (Phi) is 11.5. The zero-order valence-corrected chi connectivity index (χ0v) is 23.6. The Morgan fingerprint density at radius 1 is 0.949 bits per heavy atom. The van der Waals surface area contributed by atoms with Crippen LogP contribution in [0.25, 0.3) is 0 Å². The second kappa shape index (κ2) is 14.6. The Morgan fingerprint density at radius 3 is 2.15 bits per heavy atom. The molecule has 0 bridgehead atoms. The summed E-state index contributed by atoms with van der Waals surface area (Å²) in [5, 5.41) is 26.0. The predicted molar refractivity (Wildman–Crippen MR) is 161 cm³/mol. The molecule has 0 heterocycles. The molecular formula is C31H38N4O4. The van der Waals surface area contributed by atoms with E-state index in [9.17, 15) is 20.2 Å². The van der Waals surface area contributed by atoms with Crippen molar-refractivity contribution >= 4 is 23.3 Å². The maximum atomic E-state index is 11.2. The number of rotatable bonds is 11. The van der Waals surface area contributed by atoms with E-state index in [1.165, 1.54) is 54.3 Å². The standard InChI is InChI=1S/C31H38N4O4/c1-23(10-7-12-24(2)15-17-28-26(4)14-9-20-31(28,5)6)11-8-13-25(3)19-21-32-33-29-18-16-27(34(36)37)22-30(29)35(38)39/h7-8,10-13,15-19,21-22,33H,9,14,20H2,1-6H3/b10-7+,13-8+,17-15+,23-11+,24-12+,25-19+,32-21+. The molecule has 8 heteroatoms. The van der Waals surface area contributed by atoms with Crippen LogP contribution in [0.2, 0.25) is 0 Å². The fourth-order valence-electron chi connectivity index (χ4n) is 4.24. The molecule has 0 amide bonds. The van der Waals surface area contributed by atoms with Crippen LogP contribution in [-0.4, -0.2) is 16.1 Å². The smallest absolute Gasteiger partial charge is 0.272 e. The van der Waals surface area contributed by atoms with E-state index in [4.69, 9.17) is 0 Å². The van der Waals surface area contributed by atoms with Crippen molar-refractivity contribution in [3.8, 4) is 0 Å². The van der Waals surface area contributed by atoms with E-state index < -0.39 is 15.5 Å². The lowest BCUT2D eigenvalue weighted by atomic mass is 9.72. The summed E-state index contributed by atoms with van der Waals surface area (Å²) in [5.74, 6) is 0. The highest BCUT2D eigenvalue weighted by Crippen LogP contribution is 2.40. The van der Waals surface area contributed by atoms with Crippen LogP contribution < -0.4 is 5.43 Å². The summed E-state index contributed by atoms with van der Waals surface area (Å²) in [6.45, 7) is 12.9. The van der Waals surface area contributed by atoms with Gasteiger partial charge in [-0.25, -0.2) is 0 Å². The normalized spacial score (nSPS) is 17.2. The van der Waals surface area contributed by atoms with Gasteiger partial charge in [0.15, 0.2) is 0 Å². The summed E-state index contributed by atoms with van der Waals surface area (Å²) < 4.78 is 0. The van der Waals surface area contributed by atoms with Crippen molar-refractivity contribution in [1.29, 1.82) is 0 Å². The topological polar surface area (TPSA) is 111 Å². The van der Waals surface area contributed by atoms with E-state index in [1.54, 1.807) is 6.08 Å². The molecule has 1 aliphatic rings. The lowest BCUT2D eigenvalue weighted by Gasteiger charge is -2.32. The van der Waals surface area contributed by atoms with Crippen molar-refractivity contribution in [3.63, 3.8) is 0 Å². The van der Waals surface area contributed by atoms with E-state index in [-0.39, 0.29) is 16.8 Å². The minimum Gasteiger partial charge on any atom is -0.272 e. The van der Waals surface area contributed by atoms with Gasteiger partial charge in [-0.1, -0.05) is 79.2 Å². The molecule has 39 heavy (non-hydrogen) atoms. The van der Waals surface area contributed by atoms with E-state index in [0.717, 1.165) is 17.2 Å². The summed E-state index contributed by atoms with van der Waals surface area (Å²) in [6, 6.07) is 3.34. The molecule has 2 rings (SSSR count). The molecule has 1 aromatic carbocycles. The first-order valence-electron chi connectivity index (χ1n) is 12.9. The molecule has 0 atom stereocenters. The Bertz CT molecular complexity index is 1320. The van der Waals surface area contributed by atoms with Crippen LogP contribution in [0.15, 0.2) is 106 Å². The SMILES string of the molecule is CC1=C(/C=C/C(C)=C/C=C/C(C)=C/C=C/C(C)=C/C=N/Nc2ccc([N+](=O)[O-])cc2[N+](=O)[O-])C(C)(C)CCC1. The molecule has 0 fully saturated rings. The molecule has 0 unspecified atom stereocenters. The van der Waals surface area contributed by atoms with Crippen molar-refractivity contribution in [2.24, 2.45) is 10.5 Å². The van der Waals surface area contributed by atoms with E-state index in [0.29, 0.717) is 0 Å². The number of hydrazone groups is 1. The molecule has 0 aromatic heterocycles. The highest BCUT2D eigenvalue weighted by atomic mass is 16.6. The van der Waals surface area contributed by atoms with Crippen molar-refractivity contribution in [1.82, 2.24) is 0 Å². The van der Waals surface area contributed by atoms with Crippen LogP contribution in [0.3, 0.4) is 0 Å². The molecule has 0 spiro atoms. The number of nitro groups is 2. The number of hydrogen-bond donors (Lipinski definition) is 1. The van der Waals surface area contributed by atoms with E-state index >= 15 is 0 Å². The number of benzene rings is 1. The van der Waals surface area contributed by atoms with Gasteiger partial charge >= 0.3 is 5.69 Å². The molecule has 0 saturated carbocycles. The molecule has 0 saturated heterocycles. The first-order chi connectivity index (χ1) is 18.4. The summed E-state index contributed by atoms with van der Waals surface area (Å²) >= 11 is 0. The van der Waals surface area contributed by atoms with Crippen LogP contribution in [0.4, 0.5) is 17.1 Å². The van der Waals surface area contributed by atoms with Crippen LogP contribution >= 0.6 is 0 Å². The van der Waals surface area contributed by atoms with Gasteiger partial charge in [0.2, 0.25) is 0 Å². The highest BCUT2D eigenvalue weighted by molar-refractivity contribution is 5.75.